The summed E-state index contributed by atoms with van der Waals surface area (Å²) in [5.74, 6) is -0.330. The fourth-order valence-corrected chi connectivity index (χ4v) is 4.07. The second-order valence-electron chi connectivity index (χ2n) is 4.83. The highest BCUT2D eigenvalue weighted by molar-refractivity contribution is 7.91. The summed E-state index contributed by atoms with van der Waals surface area (Å²) in [6.45, 7) is 0. The van der Waals surface area contributed by atoms with Gasteiger partial charge in [0, 0.05) is 24.2 Å². The average Bonchev–Trinajstić information content (AvgIpc) is 2.68. The molecular formula is C12H14N2O5S. The molecule has 108 valence electrons. The van der Waals surface area contributed by atoms with Crippen LogP contribution in [0.25, 0.3) is 0 Å². The minimum atomic E-state index is -3.00. The second kappa shape index (κ2) is 5.58. The van der Waals surface area contributed by atoms with Crippen LogP contribution in [0.4, 0.5) is 11.4 Å². The molecule has 2 rings (SSSR count). The fraction of sp³-hybridized carbons (Fsp3) is 0.417. The lowest BCUT2D eigenvalue weighted by Gasteiger charge is -2.08. The van der Waals surface area contributed by atoms with Crippen molar-refractivity contribution in [2.75, 3.05) is 16.8 Å². The summed E-state index contributed by atoms with van der Waals surface area (Å²) in [6, 6.07) is 5.63. The number of sulfone groups is 1. The zero-order valence-electron chi connectivity index (χ0n) is 10.6. The molecule has 0 aliphatic carbocycles. The molecule has 0 aromatic heterocycles. The first-order valence-corrected chi connectivity index (χ1v) is 7.92. The van der Waals surface area contributed by atoms with Crippen LogP contribution >= 0.6 is 0 Å². The van der Waals surface area contributed by atoms with Crippen LogP contribution in [0.15, 0.2) is 24.3 Å². The van der Waals surface area contributed by atoms with Crippen molar-refractivity contribution in [2.45, 2.75) is 12.8 Å². The van der Waals surface area contributed by atoms with E-state index < -0.39 is 14.8 Å². The van der Waals surface area contributed by atoms with E-state index in [0.29, 0.717) is 12.1 Å². The van der Waals surface area contributed by atoms with Gasteiger partial charge in [-0.3, -0.25) is 14.9 Å². The summed E-state index contributed by atoms with van der Waals surface area (Å²) in [6.07, 6.45) is 0.604. The van der Waals surface area contributed by atoms with Crippen LogP contribution in [0, 0.1) is 16.0 Å². The minimum Gasteiger partial charge on any atom is -0.326 e. The predicted octanol–water partition coefficient (Wildman–Crippen LogP) is 1.36. The molecule has 0 unspecified atom stereocenters. The lowest BCUT2D eigenvalue weighted by atomic mass is 10.1. The number of nitrogens with one attached hydrogen (secondary N) is 1. The lowest BCUT2D eigenvalue weighted by Crippen LogP contribution is -2.17. The molecule has 0 saturated carbocycles. The summed E-state index contributed by atoms with van der Waals surface area (Å²) in [7, 11) is -3.00. The van der Waals surface area contributed by atoms with Gasteiger partial charge in [0.05, 0.1) is 16.4 Å². The molecule has 1 aromatic carbocycles. The van der Waals surface area contributed by atoms with Crippen molar-refractivity contribution in [3.63, 3.8) is 0 Å². The van der Waals surface area contributed by atoms with Gasteiger partial charge in [-0.25, -0.2) is 8.42 Å². The molecule has 7 nitrogen and oxygen atoms in total. The summed E-state index contributed by atoms with van der Waals surface area (Å²) in [5.41, 5.74) is 0.233. The number of anilines is 1. The number of nitrogens with zero attached hydrogens (tertiary/aromatic N) is 1. The highest BCUT2D eigenvalue weighted by Crippen LogP contribution is 2.23. The Kier molecular flexibility index (Phi) is 4.03. The highest BCUT2D eigenvalue weighted by atomic mass is 32.2. The number of amides is 1. The van der Waals surface area contributed by atoms with Gasteiger partial charge >= 0.3 is 0 Å². The summed E-state index contributed by atoms with van der Waals surface area (Å²) in [4.78, 5) is 21.9. The van der Waals surface area contributed by atoms with E-state index in [4.69, 9.17) is 0 Å². The van der Waals surface area contributed by atoms with Gasteiger partial charge < -0.3 is 5.32 Å². The third-order valence-corrected chi connectivity index (χ3v) is 4.98. The van der Waals surface area contributed by atoms with Gasteiger partial charge in [-0.15, -0.1) is 0 Å². The molecule has 1 aromatic rings. The van der Waals surface area contributed by atoms with E-state index in [1.807, 2.05) is 0 Å². The molecule has 0 spiro atoms. The smallest absolute Gasteiger partial charge is 0.271 e. The normalized spacial score (nSPS) is 20.5. The van der Waals surface area contributed by atoms with Crippen LogP contribution < -0.4 is 5.32 Å². The Morgan fingerprint density at radius 1 is 1.45 bits per heavy atom. The molecule has 20 heavy (non-hydrogen) atoms. The van der Waals surface area contributed by atoms with E-state index in [2.05, 4.69) is 5.32 Å². The Hall–Kier alpha value is -1.96. The second-order valence-corrected chi connectivity index (χ2v) is 7.06. The van der Waals surface area contributed by atoms with Gasteiger partial charge in [0.15, 0.2) is 9.84 Å². The number of hydrogen-bond donors (Lipinski definition) is 1. The van der Waals surface area contributed by atoms with Crippen LogP contribution in [0.5, 0.6) is 0 Å². The monoisotopic (exact) mass is 298 g/mol. The average molecular weight is 298 g/mol. The Labute approximate surface area is 116 Å². The summed E-state index contributed by atoms with van der Waals surface area (Å²) < 4.78 is 22.6. The Morgan fingerprint density at radius 2 is 2.20 bits per heavy atom. The molecular weight excluding hydrogens is 284 g/mol. The largest absolute Gasteiger partial charge is 0.326 e. The third kappa shape index (κ3) is 3.77. The first-order chi connectivity index (χ1) is 9.35. The van der Waals surface area contributed by atoms with E-state index in [9.17, 15) is 23.3 Å². The molecule has 0 bridgehead atoms. The van der Waals surface area contributed by atoms with Gasteiger partial charge in [0.2, 0.25) is 5.91 Å². The molecule has 1 N–H and O–H groups in total. The van der Waals surface area contributed by atoms with Crippen molar-refractivity contribution in [2.24, 2.45) is 5.92 Å². The van der Waals surface area contributed by atoms with Crippen LogP contribution in [0.2, 0.25) is 0 Å². The maximum absolute atomic E-state index is 11.8. The van der Waals surface area contributed by atoms with Gasteiger partial charge in [0.25, 0.3) is 5.69 Å². The number of nitro benzene ring substituents is 1. The Morgan fingerprint density at radius 3 is 2.80 bits per heavy atom. The van der Waals surface area contributed by atoms with Crippen LogP contribution in [0.1, 0.15) is 12.8 Å². The number of carbonyl (C=O) groups excluding carboxylic acids is 1. The van der Waals surface area contributed by atoms with Crippen LogP contribution in [-0.2, 0) is 14.6 Å². The van der Waals surface area contributed by atoms with Gasteiger partial charge in [-0.1, -0.05) is 6.07 Å². The van der Waals surface area contributed by atoms with Crippen molar-refractivity contribution in [1.82, 2.24) is 0 Å². The first kappa shape index (κ1) is 14.4. The van der Waals surface area contributed by atoms with Crippen molar-refractivity contribution < 1.29 is 18.1 Å². The van der Waals surface area contributed by atoms with Gasteiger partial charge in [-0.05, 0) is 18.4 Å². The molecule has 1 atom stereocenters. The van der Waals surface area contributed by atoms with Gasteiger partial charge in [-0.2, -0.15) is 0 Å². The zero-order chi connectivity index (χ0) is 14.8. The van der Waals surface area contributed by atoms with Gasteiger partial charge in [0.1, 0.15) is 0 Å². The van der Waals surface area contributed by atoms with Crippen LogP contribution in [0.3, 0.4) is 0 Å². The van der Waals surface area contributed by atoms with E-state index in [1.165, 1.54) is 18.2 Å². The molecule has 1 aliphatic heterocycles. The maximum Gasteiger partial charge on any atom is 0.271 e. The summed E-state index contributed by atoms with van der Waals surface area (Å²) in [5, 5.41) is 13.2. The Balaban J connectivity index is 1.95. The molecule has 8 heteroatoms. The standard InChI is InChI=1S/C12H14N2O5S/c15-12(6-9-4-5-20(18,19)8-9)13-10-2-1-3-11(7-10)14(16)17/h1-3,7,9H,4-6,8H2,(H,13,15)/t9-/m0/s1. The number of nitro groups is 1. The van der Waals surface area contributed by atoms with Crippen molar-refractivity contribution in [1.29, 1.82) is 0 Å². The third-order valence-electron chi connectivity index (χ3n) is 3.14. The van der Waals surface area contributed by atoms with E-state index >= 15 is 0 Å². The minimum absolute atomic E-state index is 0.0371. The molecule has 1 saturated heterocycles. The van der Waals surface area contributed by atoms with E-state index in [-0.39, 0.29) is 35.4 Å². The predicted molar refractivity (Wildman–Crippen MR) is 73.1 cm³/mol. The van der Waals surface area contributed by atoms with E-state index in [1.54, 1.807) is 6.07 Å². The zero-order valence-corrected chi connectivity index (χ0v) is 11.4. The topological polar surface area (TPSA) is 106 Å². The van der Waals surface area contributed by atoms with Crippen molar-refractivity contribution in [3.05, 3.63) is 34.4 Å². The van der Waals surface area contributed by atoms with Crippen LogP contribution in [-0.4, -0.2) is 30.8 Å². The fourth-order valence-electron chi connectivity index (χ4n) is 2.20. The number of benzene rings is 1. The quantitative estimate of drug-likeness (QED) is 0.667. The SMILES string of the molecule is O=C(C[C@@H]1CCS(=O)(=O)C1)Nc1cccc([N+](=O)[O-])c1. The molecule has 1 heterocycles. The lowest BCUT2D eigenvalue weighted by molar-refractivity contribution is -0.384. The number of non-ortho nitro benzene ring substituents is 1. The molecule has 1 amide bonds. The molecule has 1 fully saturated rings. The molecule has 1 aliphatic rings. The van der Waals surface area contributed by atoms with Crippen molar-refractivity contribution >= 4 is 27.1 Å². The number of hydrogen-bond acceptors (Lipinski definition) is 5. The summed E-state index contributed by atoms with van der Waals surface area (Å²) >= 11 is 0. The first-order valence-electron chi connectivity index (χ1n) is 6.10. The molecule has 0 radical (unpaired) electrons. The Bertz CT molecular complexity index is 641. The maximum atomic E-state index is 11.8. The number of carbonyl (C=O) groups is 1. The highest BCUT2D eigenvalue weighted by Gasteiger charge is 2.29. The van der Waals surface area contributed by atoms with Crippen molar-refractivity contribution in [3.8, 4) is 0 Å². The number of rotatable bonds is 4. The van der Waals surface area contributed by atoms with E-state index in [0.717, 1.165) is 0 Å².